The largest absolute Gasteiger partial charge is 0.507 e. The van der Waals surface area contributed by atoms with Crippen LogP contribution in [0.5, 0.6) is 17.2 Å². The van der Waals surface area contributed by atoms with Crippen molar-refractivity contribution in [1.82, 2.24) is 5.32 Å². The second-order valence-corrected chi connectivity index (χ2v) is 5.90. The summed E-state index contributed by atoms with van der Waals surface area (Å²) in [6, 6.07) is 11.9. The Hall–Kier alpha value is -3.22. The van der Waals surface area contributed by atoms with Crippen molar-refractivity contribution in [2.24, 2.45) is 0 Å². The van der Waals surface area contributed by atoms with Gasteiger partial charge in [-0.3, -0.25) is 4.79 Å². The number of ether oxygens (including phenoxy) is 3. The Morgan fingerprint density at radius 3 is 2.81 bits per heavy atom. The second-order valence-electron chi connectivity index (χ2n) is 5.90. The number of phenolic OH excluding ortho intramolecular Hbond substituents is 1. The predicted octanol–water partition coefficient (Wildman–Crippen LogP) is 1.81. The molecule has 2 aromatic carbocycles. The van der Waals surface area contributed by atoms with Gasteiger partial charge in [0.2, 0.25) is 0 Å². The van der Waals surface area contributed by atoms with Gasteiger partial charge in [-0.15, -0.1) is 0 Å². The van der Waals surface area contributed by atoms with Crippen molar-refractivity contribution in [2.75, 3.05) is 19.8 Å². The first-order valence-electron chi connectivity index (χ1n) is 8.15. The first kappa shape index (κ1) is 17.6. The molecule has 2 aromatic rings. The zero-order valence-corrected chi connectivity index (χ0v) is 14.2. The fourth-order valence-corrected chi connectivity index (χ4v) is 2.46. The SMILES string of the molecule is Cc1ccc(O)c(C(=O)OCC(=O)NC[C@H]2COc3ccccc3O2)c1. The van der Waals surface area contributed by atoms with E-state index < -0.39 is 18.5 Å². The molecule has 26 heavy (non-hydrogen) atoms. The molecule has 7 heteroatoms. The maximum Gasteiger partial charge on any atom is 0.342 e. The number of aromatic hydroxyl groups is 1. The van der Waals surface area contributed by atoms with E-state index in [2.05, 4.69) is 5.32 Å². The number of hydrogen-bond donors (Lipinski definition) is 2. The molecule has 0 spiro atoms. The van der Waals surface area contributed by atoms with E-state index in [9.17, 15) is 14.7 Å². The molecule has 0 radical (unpaired) electrons. The molecule has 3 rings (SSSR count). The molecule has 1 aliphatic heterocycles. The number of phenols is 1. The Labute approximate surface area is 150 Å². The number of esters is 1. The molecule has 136 valence electrons. The number of rotatable bonds is 5. The molecule has 1 heterocycles. The van der Waals surface area contributed by atoms with E-state index in [1.165, 1.54) is 12.1 Å². The Morgan fingerprint density at radius 2 is 2.00 bits per heavy atom. The van der Waals surface area contributed by atoms with Crippen molar-refractivity contribution in [1.29, 1.82) is 0 Å². The molecular weight excluding hydrogens is 338 g/mol. The summed E-state index contributed by atoms with van der Waals surface area (Å²) in [6.07, 6.45) is -0.328. The summed E-state index contributed by atoms with van der Waals surface area (Å²) in [5.74, 6) is -0.116. The highest BCUT2D eigenvalue weighted by Gasteiger charge is 2.21. The van der Waals surface area contributed by atoms with Gasteiger partial charge in [-0.2, -0.15) is 0 Å². The van der Waals surface area contributed by atoms with Crippen LogP contribution >= 0.6 is 0 Å². The zero-order chi connectivity index (χ0) is 18.5. The minimum Gasteiger partial charge on any atom is -0.507 e. The quantitative estimate of drug-likeness (QED) is 0.793. The molecule has 1 atom stereocenters. The molecule has 0 saturated heterocycles. The summed E-state index contributed by atoms with van der Waals surface area (Å²) in [6.45, 7) is 1.87. The van der Waals surface area contributed by atoms with Crippen molar-refractivity contribution in [3.8, 4) is 17.2 Å². The Bertz CT molecular complexity index is 819. The summed E-state index contributed by atoms with van der Waals surface area (Å²) >= 11 is 0. The fourth-order valence-electron chi connectivity index (χ4n) is 2.46. The van der Waals surface area contributed by atoms with Crippen LogP contribution in [-0.2, 0) is 9.53 Å². The van der Waals surface area contributed by atoms with Gasteiger partial charge in [0.1, 0.15) is 24.0 Å². The predicted molar refractivity (Wildman–Crippen MR) is 92.5 cm³/mol. The number of carbonyl (C=O) groups is 2. The number of amides is 1. The fraction of sp³-hybridized carbons (Fsp3) is 0.263. The number of hydrogen-bond acceptors (Lipinski definition) is 6. The molecular formula is C19H19NO6. The molecule has 0 bridgehead atoms. The second kappa shape index (κ2) is 7.77. The van der Waals surface area contributed by atoms with Gasteiger partial charge in [-0.1, -0.05) is 23.8 Å². The van der Waals surface area contributed by atoms with Gasteiger partial charge in [-0.05, 0) is 31.2 Å². The summed E-state index contributed by atoms with van der Waals surface area (Å²) < 4.78 is 16.2. The Morgan fingerprint density at radius 1 is 1.23 bits per heavy atom. The molecule has 2 N–H and O–H groups in total. The van der Waals surface area contributed by atoms with Gasteiger partial charge in [0.05, 0.1) is 6.54 Å². The van der Waals surface area contributed by atoms with Crippen molar-refractivity contribution >= 4 is 11.9 Å². The van der Waals surface area contributed by atoms with E-state index in [1.54, 1.807) is 19.1 Å². The summed E-state index contributed by atoms with van der Waals surface area (Å²) in [5.41, 5.74) is 0.826. The summed E-state index contributed by atoms with van der Waals surface area (Å²) in [7, 11) is 0. The molecule has 0 aromatic heterocycles. The summed E-state index contributed by atoms with van der Waals surface area (Å²) in [4.78, 5) is 23.8. The van der Waals surface area contributed by atoms with E-state index in [1.807, 2.05) is 18.2 Å². The van der Waals surface area contributed by atoms with Crippen LogP contribution in [0.2, 0.25) is 0 Å². The number of fused-ring (bicyclic) bond motifs is 1. The number of nitrogens with one attached hydrogen (secondary N) is 1. The maximum atomic E-state index is 12.0. The van der Waals surface area contributed by atoms with E-state index in [0.29, 0.717) is 18.1 Å². The van der Waals surface area contributed by atoms with Crippen molar-refractivity contribution in [2.45, 2.75) is 13.0 Å². The van der Waals surface area contributed by atoms with Crippen LogP contribution in [0, 0.1) is 6.92 Å². The van der Waals surface area contributed by atoms with E-state index >= 15 is 0 Å². The number of benzene rings is 2. The van der Waals surface area contributed by atoms with Crippen LogP contribution in [0.4, 0.5) is 0 Å². The first-order valence-corrected chi connectivity index (χ1v) is 8.15. The number of para-hydroxylation sites is 2. The molecule has 0 aliphatic carbocycles. The molecule has 7 nitrogen and oxygen atoms in total. The monoisotopic (exact) mass is 357 g/mol. The summed E-state index contributed by atoms with van der Waals surface area (Å²) in [5, 5.41) is 12.3. The van der Waals surface area contributed by atoms with Gasteiger partial charge >= 0.3 is 5.97 Å². The standard InChI is InChI=1S/C19H19NO6/c1-12-6-7-15(21)14(8-12)19(23)25-11-18(22)20-9-13-10-24-16-4-2-3-5-17(16)26-13/h2-8,13,21H,9-11H2,1H3,(H,20,22)/t13-/m0/s1. The third-order valence-electron chi connectivity index (χ3n) is 3.80. The Kier molecular flexibility index (Phi) is 5.26. The number of carbonyl (C=O) groups excluding carboxylic acids is 2. The van der Waals surface area contributed by atoms with Crippen LogP contribution in [-0.4, -0.2) is 42.8 Å². The van der Waals surface area contributed by atoms with E-state index in [4.69, 9.17) is 14.2 Å². The van der Waals surface area contributed by atoms with Gasteiger partial charge in [0.25, 0.3) is 5.91 Å². The van der Waals surface area contributed by atoms with Crippen LogP contribution in [0.1, 0.15) is 15.9 Å². The highest BCUT2D eigenvalue weighted by Crippen LogP contribution is 2.30. The average molecular weight is 357 g/mol. The lowest BCUT2D eigenvalue weighted by Crippen LogP contribution is -2.42. The van der Waals surface area contributed by atoms with Gasteiger partial charge in [0, 0.05) is 0 Å². The van der Waals surface area contributed by atoms with Crippen molar-refractivity contribution in [3.63, 3.8) is 0 Å². The molecule has 0 fully saturated rings. The topological polar surface area (TPSA) is 94.1 Å². The third-order valence-corrected chi connectivity index (χ3v) is 3.80. The van der Waals surface area contributed by atoms with E-state index in [0.717, 1.165) is 5.56 Å². The van der Waals surface area contributed by atoms with Crippen LogP contribution < -0.4 is 14.8 Å². The number of aryl methyl sites for hydroxylation is 1. The van der Waals surface area contributed by atoms with E-state index in [-0.39, 0.29) is 24.0 Å². The molecule has 0 unspecified atom stereocenters. The van der Waals surface area contributed by atoms with Crippen molar-refractivity contribution < 1.29 is 28.9 Å². The zero-order valence-electron chi connectivity index (χ0n) is 14.2. The van der Waals surface area contributed by atoms with Crippen LogP contribution in [0.15, 0.2) is 42.5 Å². The Balaban J connectivity index is 1.45. The van der Waals surface area contributed by atoms with Gasteiger partial charge in [-0.25, -0.2) is 4.79 Å². The van der Waals surface area contributed by atoms with Gasteiger partial charge in [0.15, 0.2) is 18.1 Å². The lowest BCUT2D eigenvalue weighted by atomic mass is 10.1. The molecule has 1 amide bonds. The minimum atomic E-state index is -0.757. The average Bonchev–Trinajstić information content (AvgIpc) is 2.66. The van der Waals surface area contributed by atoms with Crippen LogP contribution in [0.25, 0.3) is 0 Å². The lowest BCUT2D eigenvalue weighted by molar-refractivity contribution is -0.124. The normalized spacial score (nSPS) is 15.2. The smallest absolute Gasteiger partial charge is 0.342 e. The van der Waals surface area contributed by atoms with Crippen LogP contribution in [0.3, 0.4) is 0 Å². The molecule has 0 saturated carbocycles. The van der Waals surface area contributed by atoms with Gasteiger partial charge < -0.3 is 24.6 Å². The molecule has 1 aliphatic rings. The lowest BCUT2D eigenvalue weighted by Gasteiger charge is -2.26. The highest BCUT2D eigenvalue weighted by molar-refractivity contribution is 5.94. The maximum absolute atomic E-state index is 12.0. The van der Waals surface area contributed by atoms with Crippen molar-refractivity contribution in [3.05, 3.63) is 53.6 Å². The highest BCUT2D eigenvalue weighted by atomic mass is 16.6. The first-order chi connectivity index (χ1) is 12.5. The third kappa shape index (κ3) is 4.24. The minimum absolute atomic E-state index is 0.0263.